The van der Waals surface area contributed by atoms with Crippen molar-refractivity contribution in [3.63, 3.8) is 0 Å². The summed E-state index contributed by atoms with van der Waals surface area (Å²) in [5.41, 5.74) is 8.55. The fourth-order valence-electron chi connectivity index (χ4n) is 3.70. The second-order valence-electron chi connectivity index (χ2n) is 8.13. The average molecular weight is 493 g/mol. The third kappa shape index (κ3) is 7.15. The molecule has 0 saturated carbocycles. The lowest BCUT2D eigenvalue weighted by atomic mass is 10.0. The van der Waals surface area contributed by atoms with Gasteiger partial charge in [-0.3, -0.25) is 19.3 Å². The number of halogens is 1. The first-order valence-electron chi connectivity index (χ1n) is 11.3. The SMILES string of the molecule is CCN(CCC(=O)Nc1ccc(C(N)=O)cc1)[C@H](C(=O)Nc1ccc(C)c(Cl)c1)c1ccccc1. The molecule has 3 aromatic carbocycles. The van der Waals surface area contributed by atoms with E-state index >= 15 is 0 Å². The van der Waals surface area contributed by atoms with Crippen LogP contribution in [-0.2, 0) is 9.59 Å². The number of nitrogens with two attached hydrogens (primary N) is 1. The van der Waals surface area contributed by atoms with Crippen LogP contribution in [0.5, 0.6) is 0 Å². The van der Waals surface area contributed by atoms with Crippen LogP contribution < -0.4 is 16.4 Å². The molecule has 0 spiro atoms. The van der Waals surface area contributed by atoms with E-state index in [0.717, 1.165) is 11.1 Å². The molecule has 182 valence electrons. The van der Waals surface area contributed by atoms with E-state index in [1.54, 1.807) is 30.3 Å². The lowest BCUT2D eigenvalue weighted by molar-refractivity contribution is -0.123. The molecule has 0 aliphatic heterocycles. The molecule has 0 aromatic heterocycles. The van der Waals surface area contributed by atoms with Gasteiger partial charge in [-0.2, -0.15) is 0 Å². The fraction of sp³-hybridized carbons (Fsp3) is 0.222. The molecule has 35 heavy (non-hydrogen) atoms. The summed E-state index contributed by atoms with van der Waals surface area (Å²) in [5, 5.41) is 6.35. The molecule has 3 rings (SSSR count). The van der Waals surface area contributed by atoms with Gasteiger partial charge in [0.15, 0.2) is 0 Å². The lowest BCUT2D eigenvalue weighted by Gasteiger charge is -2.30. The summed E-state index contributed by atoms with van der Waals surface area (Å²) in [5.74, 6) is -0.937. The third-order valence-electron chi connectivity index (χ3n) is 5.65. The number of benzene rings is 3. The number of likely N-dealkylation sites (N-methyl/N-ethyl adjacent to an activating group) is 1. The molecule has 0 aliphatic rings. The van der Waals surface area contributed by atoms with E-state index in [-0.39, 0.29) is 18.2 Å². The minimum atomic E-state index is -0.594. The Morgan fingerprint density at radius 3 is 2.20 bits per heavy atom. The normalized spacial score (nSPS) is 11.7. The minimum Gasteiger partial charge on any atom is -0.366 e. The predicted molar refractivity (Wildman–Crippen MR) is 139 cm³/mol. The number of aryl methyl sites for hydroxylation is 1. The highest BCUT2D eigenvalue weighted by molar-refractivity contribution is 6.31. The molecule has 1 atom stereocenters. The maximum atomic E-state index is 13.4. The van der Waals surface area contributed by atoms with Crippen molar-refractivity contribution in [3.05, 3.63) is 94.5 Å². The van der Waals surface area contributed by atoms with Gasteiger partial charge in [-0.15, -0.1) is 0 Å². The van der Waals surface area contributed by atoms with Crippen LogP contribution in [-0.4, -0.2) is 35.7 Å². The zero-order valence-electron chi connectivity index (χ0n) is 19.8. The Morgan fingerprint density at radius 2 is 1.60 bits per heavy atom. The summed E-state index contributed by atoms with van der Waals surface area (Å²) in [6.07, 6.45) is 0.179. The Labute approximate surface area is 210 Å². The number of hydrogen-bond acceptors (Lipinski definition) is 4. The summed E-state index contributed by atoms with van der Waals surface area (Å²) >= 11 is 6.23. The van der Waals surface area contributed by atoms with E-state index in [1.165, 1.54) is 0 Å². The summed E-state index contributed by atoms with van der Waals surface area (Å²) in [7, 11) is 0. The fourth-order valence-corrected chi connectivity index (χ4v) is 3.88. The van der Waals surface area contributed by atoms with Crippen LogP contribution in [0, 0.1) is 6.92 Å². The first kappa shape index (κ1) is 25.9. The van der Waals surface area contributed by atoms with E-state index in [1.807, 2.05) is 61.2 Å². The van der Waals surface area contributed by atoms with Gasteiger partial charge in [0.05, 0.1) is 0 Å². The average Bonchev–Trinajstić information content (AvgIpc) is 2.84. The highest BCUT2D eigenvalue weighted by Gasteiger charge is 2.27. The van der Waals surface area contributed by atoms with Crippen molar-refractivity contribution in [1.29, 1.82) is 0 Å². The number of amides is 3. The summed E-state index contributed by atoms with van der Waals surface area (Å²) < 4.78 is 0. The monoisotopic (exact) mass is 492 g/mol. The zero-order valence-corrected chi connectivity index (χ0v) is 20.5. The highest BCUT2D eigenvalue weighted by Crippen LogP contribution is 2.25. The molecule has 3 aromatic rings. The molecule has 3 amide bonds. The van der Waals surface area contributed by atoms with Crippen molar-refractivity contribution in [1.82, 2.24) is 4.90 Å². The van der Waals surface area contributed by atoms with E-state index in [0.29, 0.717) is 35.1 Å². The number of nitrogens with zero attached hydrogens (tertiary/aromatic N) is 1. The number of nitrogens with one attached hydrogen (secondary N) is 2. The summed E-state index contributed by atoms with van der Waals surface area (Å²) in [6.45, 7) is 4.77. The third-order valence-corrected chi connectivity index (χ3v) is 6.06. The molecular weight excluding hydrogens is 464 g/mol. The van der Waals surface area contributed by atoms with Gasteiger partial charge in [0.1, 0.15) is 6.04 Å². The molecule has 0 unspecified atom stereocenters. The topological polar surface area (TPSA) is 105 Å². The van der Waals surface area contributed by atoms with Crippen LogP contribution in [0.1, 0.15) is 40.9 Å². The summed E-state index contributed by atoms with van der Waals surface area (Å²) in [4.78, 5) is 39.2. The molecule has 0 saturated heterocycles. The Balaban J connectivity index is 1.71. The van der Waals surface area contributed by atoms with Crippen molar-refractivity contribution in [3.8, 4) is 0 Å². The Kier molecular flexibility index (Phi) is 9.00. The van der Waals surface area contributed by atoms with E-state index in [2.05, 4.69) is 10.6 Å². The number of rotatable bonds is 10. The second-order valence-corrected chi connectivity index (χ2v) is 8.54. The molecule has 0 radical (unpaired) electrons. The number of primary amides is 1. The van der Waals surface area contributed by atoms with Gasteiger partial charge in [-0.25, -0.2) is 0 Å². The largest absolute Gasteiger partial charge is 0.366 e. The molecule has 0 bridgehead atoms. The minimum absolute atomic E-state index is 0.179. The van der Waals surface area contributed by atoms with Gasteiger partial charge in [-0.1, -0.05) is 54.9 Å². The number of hydrogen-bond donors (Lipinski definition) is 3. The Hall–Kier alpha value is -3.68. The van der Waals surface area contributed by atoms with Gasteiger partial charge in [0.25, 0.3) is 0 Å². The van der Waals surface area contributed by atoms with Crippen LogP contribution in [0.3, 0.4) is 0 Å². The van der Waals surface area contributed by atoms with Crippen LogP contribution in [0.4, 0.5) is 11.4 Å². The van der Waals surface area contributed by atoms with Gasteiger partial charge in [0.2, 0.25) is 17.7 Å². The maximum Gasteiger partial charge on any atom is 0.248 e. The maximum absolute atomic E-state index is 13.4. The van der Waals surface area contributed by atoms with Gasteiger partial charge in [-0.05, 0) is 61.0 Å². The van der Waals surface area contributed by atoms with E-state index in [9.17, 15) is 14.4 Å². The number of carbonyl (C=O) groups is 3. The Bertz CT molecular complexity index is 1180. The van der Waals surface area contributed by atoms with Crippen LogP contribution >= 0.6 is 11.6 Å². The molecule has 0 fully saturated rings. The van der Waals surface area contributed by atoms with Gasteiger partial charge in [0, 0.05) is 34.9 Å². The second kappa shape index (κ2) is 12.1. The molecular formula is C27H29ClN4O3. The first-order chi connectivity index (χ1) is 16.8. The highest BCUT2D eigenvalue weighted by atomic mass is 35.5. The van der Waals surface area contributed by atoms with Crippen LogP contribution in [0.2, 0.25) is 5.02 Å². The van der Waals surface area contributed by atoms with Crippen molar-refractivity contribution in [2.75, 3.05) is 23.7 Å². The smallest absolute Gasteiger partial charge is 0.248 e. The van der Waals surface area contributed by atoms with Crippen LogP contribution in [0.25, 0.3) is 0 Å². The quantitative estimate of drug-likeness (QED) is 0.379. The molecule has 4 N–H and O–H groups in total. The molecule has 7 nitrogen and oxygen atoms in total. The van der Waals surface area contributed by atoms with Gasteiger partial charge >= 0.3 is 0 Å². The molecule has 0 heterocycles. The number of carbonyl (C=O) groups excluding carboxylic acids is 3. The van der Waals surface area contributed by atoms with E-state index < -0.39 is 11.9 Å². The molecule has 0 aliphatic carbocycles. The van der Waals surface area contributed by atoms with Crippen molar-refractivity contribution in [2.45, 2.75) is 26.3 Å². The van der Waals surface area contributed by atoms with E-state index in [4.69, 9.17) is 17.3 Å². The van der Waals surface area contributed by atoms with Crippen LogP contribution in [0.15, 0.2) is 72.8 Å². The van der Waals surface area contributed by atoms with Crippen molar-refractivity contribution >= 4 is 40.7 Å². The lowest BCUT2D eigenvalue weighted by Crippen LogP contribution is -2.39. The summed E-state index contributed by atoms with van der Waals surface area (Å²) in [6, 6.07) is 20.6. The number of anilines is 2. The van der Waals surface area contributed by atoms with Gasteiger partial charge < -0.3 is 16.4 Å². The van der Waals surface area contributed by atoms with Crippen molar-refractivity contribution < 1.29 is 14.4 Å². The first-order valence-corrected chi connectivity index (χ1v) is 11.7. The van der Waals surface area contributed by atoms with Crippen molar-refractivity contribution in [2.24, 2.45) is 5.73 Å². The zero-order chi connectivity index (χ0) is 25.4. The standard InChI is InChI=1S/C27H29ClN4O3/c1-3-32(16-15-24(33)30-21-13-10-20(11-14-21)26(29)34)25(19-7-5-4-6-8-19)27(35)31-22-12-9-18(2)23(28)17-22/h4-14,17,25H,3,15-16H2,1-2H3,(H2,29,34)(H,30,33)(H,31,35)/t25-/m0/s1. The Morgan fingerprint density at radius 1 is 0.943 bits per heavy atom. The predicted octanol–water partition coefficient (Wildman–Crippen LogP) is 4.78. The molecule has 8 heteroatoms.